The van der Waals surface area contributed by atoms with Crippen molar-refractivity contribution in [1.29, 1.82) is 0 Å². The first kappa shape index (κ1) is 14.6. The second-order valence-corrected chi connectivity index (χ2v) is 5.89. The van der Waals surface area contributed by atoms with Gasteiger partial charge in [0.05, 0.1) is 6.04 Å². The number of benzene rings is 2. The van der Waals surface area contributed by atoms with Crippen molar-refractivity contribution in [1.82, 2.24) is 0 Å². The predicted molar refractivity (Wildman–Crippen MR) is 82.6 cm³/mol. The van der Waals surface area contributed by atoms with E-state index >= 15 is 0 Å². The normalized spacial score (nSPS) is 14.9. The molecule has 0 saturated carbocycles. The van der Waals surface area contributed by atoms with Gasteiger partial charge in [-0.25, -0.2) is 4.39 Å². The van der Waals surface area contributed by atoms with E-state index in [2.05, 4.69) is 15.9 Å². The van der Waals surface area contributed by atoms with Gasteiger partial charge in [-0.05, 0) is 23.8 Å². The summed E-state index contributed by atoms with van der Waals surface area (Å²) >= 11 is 9.58. The van der Waals surface area contributed by atoms with Gasteiger partial charge in [0.15, 0.2) is 11.5 Å². The number of halogens is 3. The Balaban J connectivity index is 2.07. The first-order valence-electron chi connectivity index (χ1n) is 6.36. The minimum absolute atomic E-state index is 0.357. The third kappa shape index (κ3) is 2.73. The van der Waals surface area contributed by atoms with Gasteiger partial charge < -0.3 is 15.2 Å². The van der Waals surface area contributed by atoms with Crippen LogP contribution in [-0.4, -0.2) is 13.2 Å². The zero-order chi connectivity index (χ0) is 15.0. The summed E-state index contributed by atoms with van der Waals surface area (Å²) < 4.78 is 25.6. The summed E-state index contributed by atoms with van der Waals surface area (Å²) in [5, 5.41) is 0.418. The zero-order valence-corrected chi connectivity index (χ0v) is 13.2. The van der Waals surface area contributed by atoms with Crippen LogP contribution in [0.15, 0.2) is 34.8 Å². The molecule has 0 aliphatic carbocycles. The van der Waals surface area contributed by atoms with Crippen LogP contribution in [-0.2, 0) is 0 Å². The van der Waals surface area contributed by atoms with Crippen LogP contribution in [0.4, 0.5) is 4.39 Å². The minimum Gasteiger partial charge on any atom is -0.486 e. The van der Waals surface area contributed by atoms with Gasteiger partial charge in [-0.15, -0.1) is 0 Å². The minimum atomic E-state index is -0.705. The van der Waals surface area contributed by atoms with Crippen molar-refractivity contribution in [3.8, 4) is 11.5 Å². The number of nitrogens with two attached hydrogens (primary N) is 1. The molecule has 2 aromatic carbocycles. The maximum Gasteiger partial charge on any atom is 0.162 e. The molecule has 1 heterocycles. The molecule has 0 saturated heterocycles. The lowest BCUT2D eigenvalue weighted by Gasteiger charge is -2.22. The molecule has 110 valence electrons. The van der Waals surface area contributed by atoms with E-state index in [0.717, 1.165) is 0 Å². The van der Waals surface area contributed by atoms with E-state index in [1.165, 1.54) is 6.07 Å². The Morgan fingerprint density at radius 1 is 1.19 bits per heavy atom. The molecule has 0 aromatic heterocycles. The molecule has 1 aliphatic heterocycles. The quantitative estimate of drug-likeness (QED) is 0.864. The Morgan fingerprint density at radius 3 is 2.52 bits per heavy atom. The molecule has 3 rings (SSSR count). The second-order valence-electron chi connectivity index (χ2n) is 4.63. The largest absolute Gasteiger partial charge is 0.486 e. The fourth-order valence-corrected chi connectivity index (χ4v) is 3.14. The van der Waals surface area contributed by atoms with Crippen molar-refractivity contribution in [2.24, 2.45) is 5.73 Å². The van der Waals surface area contributed by atoms with Crippen LogP contribution in [0.5, 0.6) is 11.5 Å². The Labute approximate surface area is 134 Å². The summed E-state index contributed by atoms with van der Waals surface area (Å²) in [4.78, 5) is 0. The summed E-state index contributed by atoms with van der Waals surface area (Å²) in [6.45, 7) is 0.945. The molecule has 1 aliphatic rings. The summed E-state index contributed by atoms with van der Waals surface area (Å²) in [7, 11) is 0. The maximum atomic E-state index is 14.0. The molecule has 1 unspecified atom stereocenters. The van der Waals surface area contributed by atoms with Crippen molar-refractivity contribution in [2.75, 3.05) is 13.2 Å². The molecule has 0 spiro atoms. The zero-order valence-electron chi connectivity index (χ0n) is 10.9. The number of fused-ring (bicyclic) bond motifs is 1. The highest BCUT2D eigenvalue weighted by Crippen LogP contribution is 2.40. The first-order chi connectivity index (χ1) is 10.1. The standard InChI is InChI=1S/C15H12BrClFNO2/c16-9-2-1-3-11(18)14(9)15(19)8-6-12-13(7-10(8)17)21-5-4-20-12/h1-3,6-7,15H,4-5,19H2. The Bertz CT molecular complexity index is 675. The predicted octanol–water partition coefficient (Wildman–Crippen LogP) is 4.06. The molecular weight excluding hydrogens is 361 g/mol. The highest BCUT2D eigenvalue weighted by molar-refractivity contribution is 9.10. The van der Waals surface area contributed by atoms with Crippen LogP contribution < -0.4 is 15.2 Å². The second kappa shape index (κ2) is 5.83. The van der Waals surface area contributed by atoms with E-state index in [0.29, 0.717) is 45.3 Å². The lowest BCUT2D eigenvalue weighted by Crippen LogP contribution is -2.18. The molecule has 2 aromatic rings. The van der Waals surface area contributed by atoms with Crippen molar-refractivity contribution in [3.63, 3.8) is 0 Å². The number of ether oxygens (including phenoxy) is 2. The average molecular weight is 373 g/mol. The van der Waals surface area contributed by atoms with E-state index in [4.69, 9.17) is 26.8 Å². The number of hydrogen-bond donors (Lipinski definition) is 1. The summed E-state index contributed by atoms with van der Waals surface area (Å²) in [5.41, 5.74) is 7.15. The van der Waals surface area contributed by atoms with Gasteiger partial charge in [-0.1, -0.05) is 33.6 Å². The van der Waals surface area contributed by atoms with Gasteiger partial charge in [-0.3, -0.25) is 0 Å². The smallest absolute Gasteiger partial charge is 0.162 e. The highest BCUT2D eigenvalue weighted by Gasteiger charge is 2.23. The highest BCUT2D eigenvalue weighted by atomic mass is 79.9. The van der Waals surface area contributed by atoms with Crippen LogP contribution in [0.1, 0.15) is 17.2 Å². The summed E-state index contributed by atoms with van der Waals surface area (Å²) in [6, 6.07) is 7.38. The van der Waals surface area contributed by atoms with Gasteiger partial charge in [0.25, 0.3) is 0 Å². The van der Waals surface area contributed by atoms with E-state index in [1.807, 2.05) is 0 Å². The van der Waals surface area contributed by atoms with Crippen molar-refractivity contribution in [3.05, 3.63) is 56.8 Å². The molecule has 0 radical (unpaired) electrons. The van der Waals surface area contributed by atoms with Gasteiger partial charge in [0.1, 0.15) is 19.0 Å². The van der Waals surface area contributed by atoms with E-state index < -0.39 is 6.04 Å². The average Bonchev–Trinajstić information content (AvgIpc) is 2.46. The Morgan fingerprint density at radius 2 is 1.86 bits per heavy atom. The Hall–Kier alpha value is -1.30. The molecule has 0 amide bonds. The van der Waals surface area contributed by atoms with Crippen LogP contribution in [0.3, 0.4) is 0 Å². The molecule has 1 atom stereocenters. The monoisotopic (exact) mass is 371 g/mol. The fraction of sp³-hybridized carbons (Fsp3) is 0.200. The Kier molecular flexibility index (Phi) is 4.06. The van der Waals surface area contributed by atoms with Crippen molar-refractivity contribution >= 4 is 27.5 Å². The van der Waals surface area contributed by atoms with Crippen LogP contribution in [0.25, 0.3) is 0 Å². The van der Waals surface area contributed by atoms with Crippen LogP contribution in [0, 0.1) is 5.82 Å². The van der Waals surface area contributed by atoms with Gasteiger partial charge in [-0.2, -0.15) is 0 Å². The van der Waals surface area contributed by atoms with Gasteiger partial charge >= 0.3 is 0 Å². The summed E-state index contributed by atoms with van der Waals surface area (Å²) in [5.74, 6) is 0.765. The lowest BCUT2D eigenvalue weighted by atomic mass is 9.98. The van der Waals surface area contributed by atoms with Crippen molar-refractivity contribution in [2.45, 2.75) is 6.04 Å². The molecule has 21 heavy (non-hydrogen) atoms. The number of rotatable bonds is 2. The summed E-state index contributed by atoms with van der Waals surface area (Å²) in [6.07, 6.45) is 0. The SMILES string of the molecule is NC(c1cc2c(cc1Cl)OCCO2)c1c(F)cccc1Br. The van der Waals surface area contributed by atoms with Gasteiger partial charge in [0.2, 0.25) is 0 Å². The lowest BCUT2D eigenvalue weighted by molar-refractivity contribution is 0.171. The molecule has 0 bridgehead atoms. The first-order valence-corrected chi connectivity index (χ1v) is 7.53. The van der Waals surface area contributed by atoms with Crippen LogP contribution in [0.2, 0.25) is 5.02 Å². The van der Waals surface area contributed by atoms with E-state index in [-0.39, 0.29) is 5.82 Å². The molecule has 2 N–H and O–H groups in total. The van der Waals surface area contributed by atoms with Crippen molar-refractivity contribution < 1.29 is 13.9 Å². The molecule has 0 fully saturated rings. The van der Waals surface area contributed by atoms with Gasteiger partial charge in [0, 0.05) is 21.1 Å². The fourth-order valence-electron chi connectivity index (χ4n) is 2.28. The molecule has 6 heteroatoms. The molecular formula is C15H12BrClFNO2. The number of hydrogen-bond acceptors (Lipinski definition) is 3. The third-order valence-electron chi connectivity index (χ3n) is 3.31. The third-order valence-corrected chi connectivity index (χ3v) is 4.33. The molecule has 3 nitrogen and oxygen atoms in total. The van der Waals surface area contributed by atoms with E-state index in [9.17, 15) is 4.39 Å². The topological polar surface area (TPSA) is 44.5 Å². The van der Waals surface area contributed by atoms with Crippen LogP contribution >= 0.6 is 27.5 Å². The maximum absolute atomic E-state index is 14.0. The van der Waals surface area contributed by atoms with E-state index in [1.54, 1.807) is 24.3 Å².